The smallest absolute Gasteiger partial charge is 0.269 e. The first-order valence-electron chi connectivity index (χ1n) is 11.2. The van der Waals surface area contributed by atoms with Gasteiger partial charge >= 0.3 is 0 Å². The molecule has 182 valence electrons. The summed E-state index contributed by atoms with van der Waals surface area (Å²) in [4.78, 5) is 37.8. The zero-order valence-corrected chi connectivity index (χ0v) is 20.3. The van der Waals surface area contributed by atoms with Gasteiger partial charge in [-0.1, -0.05) is 31.5 Å². The van der Waals surface area contributed by atoms with Gasteiger partial charge in [0.15, 0.2) is 0 Å². The number of hydrogen-bond acceptors (Lipinski definition) is 5. The van der Waals surface area contributed by atoms with Crippen LogP contribution in [0.25, 0.3) is 0 Å². The number of amides is 3. The second-order valence-electron chi connectivity index (χ2n) is 8.64. The molecule has 0 saturated carbocycles. The topological polar surface area (TPSA) is 125 Å². The summed E-state index contributed by atoms with van der Waals surface area (Å²) in [6.07, 6.45) is 1.67. The van der Waals surface area contributed by atoms with Crippen molar-refractivity contribution < 1.29 is 22.8 Å². The third kappa shape index (κ3) is 6.00. The van der Waals surface area contributed by atoms with Crippen molar-refractivity contribution in [3.63, 3.8) is 0 Å². The Morgan fingerprint density at radius 2 is 1.53 bits per heavy atom. The molecule has 1 fully saturated rings. The average molecular weight is 487 g/mol. The molecular formula is C24H30N4O5S. The van der Waals surface area contributed by atoms with Crippen molar-refractivity contribution >= 4 is 27.7 Å². The van der Waals surface area contributed by atoms with Crippen LogP contribution in [0.2, 0.25) is 0 Å². The van der Waals surface area contributed by atoms with Gasteiger partial charge in [0.05, 0.1) is 4.90 Å². The number of aryl methyl sites for hydroxylation is 1. The Labute approximate surface area is 199 Å². The van der Waals surface area contributed by atoms with Crippen LogP contribution in [0.1, 0.15) is 53.0 Å². The van der Waals surface area contributed by atoms with E-state index in [1.165, 1.54) is 28.6 Å². The summed E-state index contributed by atoms with van der Waals surface area (Å²) in [7, 11) is -3.57. The molecule has 0 unspecified atom stereocenters. The van der Waals surface area contributed by atoms with Gasteiger partial charge in [-0.2, -0.15) is 4.31 Å². The monoisotopic (exact) mass is 486 g/mol. The van der Waals surface area contributed by atoms with E-state index in [1.807, 2.05) is 13.0 Å². The summed E-state index contributed by atoms with van der Waals surface area (Å²) in [6, 6.07) is 11.7. The SMILES string of the molecule is Cc1cccc(C(=O)N[C@H](C(=O)NNC(=O)c2ccc(S(=O)(=O)N3CCCC3)cc2)C(C)C)c1. The molecule has 1 aliphatic heterocycles. The minimum absolute atomic E-state index is 0.119. The normalized spacial score (nSPS) is 15.1. The zero-order chi connectivity index (χ0) is 24.9. The standard InChI is InChI=1S/C24H30N4O5S/c1-16(2)21(25-22(29)19-8-6-7-17(3)15-19)24(31)27-26-23(30)18-9-11-20(12-10-18)34(32,33)28-13-4-5-14-28/h6-12,15-16,21H,4-5,13-14H2,1-3H3,(H,25,29)(H,26,30)(H,27,31)/t21-/m0/s1. The van der Waals surface area contributed by atoms with E-state index in [0.717, 1.165) is 18.4 Å². The number of carbonyl (C=O) groups excluding carboxylic acids is 3. The maximum atomic E-state index is 12.7. The lowest BCUT2D eigenvalue weighted by molar-refractivity contribution is -0.124. The number of carbonyl (C=O) groups is 3. The molecule has 1 aliphatic rings. The maximum absolute atomic E-state index is 12.7. The molecule has 1 heterocycles. The molecule has 10 heteroatoms. The zero-order valence-electron chi connectivity index (χ0n) is 19.5. The molecule has 34 heavy (non-hydrogen) atoms. The number of nitrogens with zero attached hydrogens (tertiary/aromatic N) is 1. The Balaban J connectivity index is 1.60. The van der Waals surface area contributed by atoms with Crippen LogP contribution in [0.5, 0.6) is 0 Å². The Kier molecular flexibility index (Phi) is 8.06. The minimum Gasteiger partial charge on any atom is -0.340 e. The molecule has 0 bridgehead atoms. The highest BCUT2D eigenvalue weighted by atomic mass is 32.2. The summed E-state index contributed by atoms with van der Waals surface area (Å²) in [5.41, 5.74) is 6.20. The summed E-state index contributed by atoms with van der Waals surface area (Å²) in [5.74, 6) is -1.80. The molecule has 3 N–H and O–H groups in total. The number of nitrogens with one attached hydrogen (secondary N) is 3. The van der Waals surface area contributed by atoms with Crippen molar-refractivity contribution in [2.45, 2.75) is 44.6 Å². The molecule has 0 aromatic heterocycles. The van der Waals surface area contributed by atoms with Crippen LogP contribution in [0.4, 0.5) is 0 Å². The molecule has 2 aromatic carbocycles. The molecule has 1 saturated heterocycles. The van der Waals surface area contributed by atoms with Gasteiger partial charge in [0.1, 0.15) is 6.04 Å². The second-order valence-corrected chi connectivity index (χ2v) is 10.6. The molecule has 3 amide bonds. The summed E-state index contributed by atoms with van der Waals surface area (Å²) in [6.45, 7) is 6.42. The molecule has 0 aliphatic carbocycles. The van der Waals surface area contributed by atoms with Crippen molar-refractivity contribution in [2.24, 2.45) is 5.92 Å². The number of sulfonamides is 1. The van der Waals surface area contributed by atoms with Gasteiger partial charge in [-0.15, -0.1) is 0 Å². The second kappa shape index (κ2) is 10.8. The predicted molar refractivity (Wildman–Crippen MR) is 127 cm³/mol. The quantitative estimate of drug-likeness (QED) is 0.516. The highest BCUT2D eigenvalue weighted by Gasteiger charge is 2.28. The van der Waals surface area contributed by atoms with E-state index in [0.29, 0.717) is 18.7 Å². The number of rotatable bonds is 7. The molecular weight excluding hydrogens is 456 g/mol. The van der Waals surface area contributed by atoms with Crippen LogP contribution in [0.3, 0.4) is 0 Å². The highest BCUT2D eigenvalue weighted by Crippen LogP contribution is 2.21. The van der Waals surface area contributed by atoms with Gasteiger partial charge in [-0.25, -0.2) is 8.42 Å². The molecule has 3 rings (SSSR count). The van der Waals surface area contributed by atoms with E-state index in [2.05, 4.69) is 16.2 Å². The fraction of sp³-hybridized carbons (Fsp3) is 0.375. The maximum Gasteiger partial charge on any atom is 0.269 e. The molecule has 9 nitrogen and oxygen atoms in total. The van der Waals surface area contributed by atoms with Crippen molar-refractivity contribution in [1.82, 2.24) is 20.5 Å². The third-order valence-corrected chi connectivity index (χ3v) is 7.55. The van der Waals surface area contributed by atoms with Gasteiger partial charge < -0.3 is 5.32 Å². The van der Waals surface area contributed by atoms with Gasteiger partial charge in [0, 0.05) is 24.2 Å². The van der Waals surface area contributed by atoms with Crippen LogP contribution in [-0.2, 0) is 14.8 Å². The summed E-state index contributed by atoms with van der Waals surface area (Å²) in [5, 5.41) is 2.70. The number of hydrogen-bond donors (Lipinski definition) is 3. The first-order chi connectivity index (χ1) is 16.1. The van der Waals surface area contributed by atoms with Gasteiger partial charge in [-0.05, 0) is 62.1 Å². The van der Waals surface area contributed by atoms with Crippen molar-refractivity contribution in [3.05, 3.63) is 65.2 Å². The Hall–Kier alpha value is -3.24. The highest BCUT2D eigenvalue weighted by molar-refractivity contribution is 7.89. The van der Waals surface area contributed by atoms with Crippen LogP contribution in [-0.4, -0.2) is 49.6 Å². The van der Waals surface area contributed by atoms with Crippen LogP contribution in [0.15, 0.2) is 53.4 Å². The van der Waals surface area contributed by atoms with E-state index < -0.39 is 33.8 Å². The van der Waals surface area contributed by atoms with Gasteiger partial charge in [-0.3, -0.25) is 25.2 Å². The van der Waals surface area contributed by atoms with E-state index in [1.54, 1.807) is 32.0 Å². The molecule has 1 atom stereocenters. The predicted octanol–water partition coefficient (Wildman–Crippen LogP) is 2.00. The van der Waals surface area contributed by atoms with Gasteiger partial charge in [0.25, 0.3) is 17.7 Å². The lowest BCUT2D eigenvalue weighted by atomic mass is 10.0. The molecule has 0 spiro atoms. The van der Waals surface area contributed by atoms with Crippen molar-refractivity contribution in [1.29, 1.82) is 0 Å². The Morgan fingerprint density at radius 1 is 0.882 bits per heavy atom. The molecule has 2 aromatic rings. The molecule has 0 radical (unpaired) electrons. The van der Waals surface area contributed by atoms with Crippen LogP contribution in [0, 0.1) is 12.8 Å². The third-order valence-electron chi connectivity index (χ3n) is 5.63. The van der Waals surface area contributed by atoms with Crippen LogP contribution >= 0.6 is 0 Å². The van der Waals surface area contributed by atoms with Crippen LogP contribution < -0.4 is 16.2 Å². The van der Waals surface area contributed by atoms with Crippen molar-refractivity contribution in [2.75, 3.05) is 13.1 Å². The lowest BCUT2D eigenvalue weighted by Crippen LogP contribution is -2.54. The summed E-state index contributed by atoms with van der Waals surface area (Å²) >= 11 is 0. The Bertz CT molecular complexity index is 1160. The lowest BCUT2D eigenvalue weighted by Gasteiger charge is -2.22. The number of hydrazine groups is 1. The Morgan fingerprint density at radius 3 is 2.12 bits per heavy atom. The fourth-order valence-corrected chi connectivity index (χ4v) is 5.19. The van der Waals surface area contributed by atoms with E-state index in [4.69, 9.17) is 0 Å². The first-order valence-corrected chi connectivity index (χ1v) is 12.6. The summed E-state index contributed by atoms with van der Waals surface area (Å²) < 4.78 is 26.7. The first kappa shape index (κ1) is 25.4. The van der Waals surface area contributed by atoms with E-state index in [-0.39, 0.29) is 16.4 Å². The van der Waals surface area contributed by atoms with E-state index >= 15 is 0 Å². The largest absolute Gasteiger partial charge is 0.340 e. The van der Waals surface area contributed by atoms with Gasteiger partial charge in [0.2, 0.25) is 10.0 Å². The minimum atomic E-state index is -3.57. The van der Waals surface area contributed by atoms with Crippen molar-refractivity contribution in [3.8, 4) is 0 Å². The average Bonchev–Trinajstić information content (AvgIpc) is 3.36. The number of benzene rings is 2. The fourth-order valence-electron chi connectivity index (χ4n) is 3.67. The van der Waals surface area contributed by atoms with E-state index in [9.17, 15) is 22.8 Å².